The van der Waals surface area contributed by atoms with Gasteiger partial charge in [-0.15, -0.1) is 0 Å². The summed E-state index contributed by atoms with van der Waals surface area (Å²) in [4.78, 5) is 55.2. The first-order valence-electron chi connectivity index (χ1n) is 27.3. The highest BCUT2D eigenvalue weighted by molar-refractivity contribution is 6.02. The zero-order chi connectivity index (χ0) is 56.6. The molecule has 0 spiro atoms. The van der Waals surface area contributed by atoms with Crippen molar-refractivity contribution < 1.29 is 38.2 Å². The average Bonchev–Trinajstić information content (AvgIpc) is 3.93. The maximum atomic E-state index is 11.8. The maximum absolute atomic E-state index is 11.8. The maximum Gasteiger partial charge on any atom is 0.411 e. The number of nitrogens with one attached hydrogen (secondary N) is 2. The molecule has 0 saturated carbocycles. The Morgan fingerprint density at radius 2 is 1.14 bits per heavy atom. The summed E-state index contributed by atoms with van der Waals surface area (Å²) in [6.45, 7) is 32.1. The molecule has 2 atom stereocenters. The summed E-state index contributed by atoms with van der Waals surface area (Å²) in [6.07, 6.45) is 9.58. The second kappa shape index (κ2) is 32.0. The number of carbonyl (C=O) groups excluding carboxylic acids is 5. The van der Waals surface area contributed by atoms with Crippen LogP contribution in [0.2, 0.25) is 0 Å². The molecule has 2 unspecified atom stereocenters. The number of rotatable bonds is 15. The molecule has 0 aromatic heterocycles. The lowest BCUT2D eigenvalue weighted by Crippen LogP contribution is -2.28. The van der Waals surface area contributed by atoms with E-state index < -0.39 is 6.09 Å². The van der Waals surface area contributed by atoms with E-state index in [4.69, 9.17) is 9.47 Å². The fourth-order valence-electron chi connectivity index (χ4n) is 9.29. The summed E-state index contributed by atoms with van der Waals surface area (Å²) in [5, 5.41) is 5.82. The second-order valence-corrected chi connectivity index (χ2v) is 21.7. The van der Waals surface area contributed by atoms with Gasteiger partial charge in [0.1, 0.15) is 6.29 Å². The van der Waals surface area contributed by atoms with Crippen molar-refractivity contribution >= 4 is 48.2 Å². The lowest BCUT2D eigenvalue weighted by Gasteiger charge is -2.17. The van der Waals surface area contributed by atoms with Gasteiger partial charge in [0.15, 0.2) is 5.78 Å². The van der Waals surface area contributed by atoms with Crippen LogP contribution in [0, 0.1) is 29.6 Å². The molecule has 0 bridgehead atoms. The molecule has 4 aromatic rings. The molecule has 11 heteroatoms. The molecule has 0 radical (unpaired) electrons. The Kier molecular flexibility index (Phi) is 26.7. The highest BCUT2D eigenvalue weighted by atomic mass is 16.6. The standard InChI is InChI=1S/2C17H23NO2.2C14H18O.C3H7NO2/c2*1-5-20-17(19)18-16-12(4)9-14-7-6-13(8-11(2)3)10-15(14)16;1-9(2)6-11-4-5-12-7-10(3)14(15)13(12)8-11;1-11(2)8-13-4-6-14(7-5-13)9-12(3)10-15;1-2-6-3(4)5/h6-7,10-11H,5,8-9H2,1-4H3,(H,18,19);6-7,9-11,16H,5,8H2,1-4H3,(H,18,19);4-5,8-10H,6-7H2,1-3H3;4-7,9-11H,8H2,1-3H3;2H2,1H3,(H2,4,5)/b;;;12-9+;. The number of fused-ring (bicyclic) bond motifs is 3. The Hall–Kier alpha value is -6.75. The number of carbonyl (C=O) groups is 5. The summed E-state index contributed by atoms with van der Waals surface area (Å²) in [6, 6.07) is 27.8. The number of hydrogen-bond donors (Lipinski definition) is 3. The quantitative estimate of drug-likeness (QED) is 0.0602. The van der Waals surface area contributed by atoms with Crippen molar-refractivity contribution in [1.29, 1.82) is 0 Å². The molecule has 4 N–H and O–H groups in total. The first-order chi connectivity index (χ1) is 36.0. The van der Waals surface area contributed by atoms with E-state index in [2.05, 4.69) is 168 Å². The zero-order valence-electron chi connectivity index (χ0n) is 48.4. The van der Waals surface area contributed by atoms with Crippen LogP contribution in [0.3, 0.4) is 0 Å². The van der Waals surface area contributed by atoms with Gasteiger partial charge in [0, 0.05) is 17.0 Å². The number of aldehydes is 1. The fraction of sp³-hybridized carbons (Fsp3) is 0.462. The highest BCUT2D eigenvalue weighted by Crippen LogP contribution is 2.36. The largest absolute Gasteiger partial charge is 0.450 e. The van der Waals surface area contributed by atoms with E-state index in [0.717, 1.165) is 78.3 Å². The molecule has 11 nitrogen and oxygen atoms in total. The Morgan fingerprint density at radius 3 is 1.66 bits per heavy atom. The predicted molar refractivity (Wildman–Crippen MR) is 311 cm³/mol. The molecule has 0 saturated heterocycles. The van der Waals surface area contributed by atoms with E-state index >= 15 is 0 Å². The van der Waals surface area contributed by atoms with Crippen molar-refractivity contribution in [3.8, 4) is 0 Å². The van der Waals surface area contributed by atoms with Crippen LogP contribution in [0.4, 0.5) is 14.4 Å². The van der Waals surface area contributed by atoms with Crippen LogP contribution >= 0.6 is 0 Å². The highest BCUT2D eigenvalue weighted by Gasteiger charge is 2.27. The third-order valence-corrected chi connectivity index (χ3v) is 12.5. The zero-order valence-corrected chi connectivity index (χ0v) is 48.4. The lowest BCUT2D eigenvalue weighted by atomic mass is 9.97. The topological polar surface area (TPSA) is 163 Å². The van der Waals surface area contributed by atoms with E-state index in [-0.39, 0.29) is 24.1 Å². The number of benzene rings is 4. The molecule has 3 aliphatic rings. The van der Waals surface area contributed by atoms with Crippen molar-refractivity contribution in [2.45, 2.75) is 148 Å². The summed E-state index contributed by atoms with van der Waals surface area (Å²) in [7, 11) is 0. The van der Waals surface area contributed by atoms with Crippen LogP contribution in [0.5, 0.6) is 0 Å². The van der Waals surface area contributed by atoms with Gasteiger partial charge in [-0.3, -0.25) is 14.9 Å². The third-order valence-electron chi connectivity index (χ3n) is 12.5. The molecule has 4 aromatic carbocycles. The number of Topliss-reactive ketones (excluding diaryl/α,β-unsaturated/α-hetero) is 1. The van der Waals surface area contributed by atoms with Gasteiger partial charge in [0.05, 0.1) is 31.6 Å². The van der Waals surface area contributed by atoms with Crippen molar-refractivity contribution in [2.75, 3.05) is 19.8 Å². The first kappa shape index (κ1) is 63.5. The number of ether oxygens (including phenoxy) is 3. The monoisotopic (exact) mass is 1040 g/mol. The van der Waals surface area contributed by atoms with Gasteiger partial charge in [0.2, 0.25) is 0 Å². The van der Waals surface area contributed by atoms with Crippen molar-refractivity contribution in [1.82, 2.24) is 10.6 Å². The first-order valence-corrected chi connectivity index (χ1v) is 27.3. The number of alkyl carbamates (subject to hydrolysis) is 2. The van der Waals surface area contributed by atoms with Crippen LogP contribution in [0.25, 0.3) is 17.8 Å². The average molecular weight is 1040 g/mol. The SMILES string of the molecule is C/C(C=O)=C\c1ccc(CC(C)C)cc1.CC(C)Cc1ccc2c(c1)C(=O)C(C)C2.CCOC(=O)NC1=C(C)Cc2ccc(CC(C)C)cc21.CCOC(=O)NC1C(C)=Cc2ccc(CC(C)C)cc21.CCOC(N)=O. The Bertz CT molecular complexity index is 2650. The van der Waals surface area contributed by atoms with Crippen LogP contribution in [-0.2, 0) is 57.5 Å². The van der Waals surface area contributed by atoms with Gasteiger partial charge in [-0.05, 0) is 189 Å². The number of hydrogen-bond acceptors (Lipinski definition) is 8. The Balaban J connectivity index is 0.000000259. The summed E-state index contributed by atoms with van der Waals surface area (Å²) in [5.41, 5.74) is 21.9. The predicted octanol–water partition coefficient (Wildman–Crippen LogP) is 14.9. The smallest absolute Gasteiger partial charge is 0.411 e. The van der Waals surface area contributed by atoms with E-state index in [1.165, 1.54) is 50.1 Å². The van der Waals surface area contributed by atoms with Crippen molar-refractivity contribution in [2.24, 2.45) is 35.3 Å². The number of primary amides is 1. The van der Waals surface area contributed by atoms with E-state index in [1.807, 2.05) is 40.7 Å². The minimum atomic E-state index is -0.711. The van der Waals surface area contributed by atoms with Crippen LogP contribution in [0.1, 0.15) is 176 Å². The lowest BCUT2D eigenvalue weighted by molar-refractivity contribution is -0.104. The summed E-state index contributed by atoms with van der Waals surface area (Å²) < 4.78 is 14.1. The molecule has 412 valence electrons. The minimum absolute atomic E-state index is 0.0591. The van der Waals surface area contributed by atoms with Crippen LogP contribution in [-0.4, -0.2) is 50.2 Å². The molecule has 3 amide bonds. The minimum Gasteiger partial charge on any atom is -0.450 e. The molecule has 0 heterocycles. The molecule has 0 fully saturated rings. The number of nitrogens with two attached hydrogens (primary N) is 1. The second-order valence-electron chi connectivity index (χ2n) is 21.7. The van der Waals surface area contributed by atoms with Crippen LogP contribution < -0.4 is 16.4 Å². The van der Waals surface area contributed by atoms with Crippen molar-refractivity contribution in [3.05, 3.63) is 157 Å². The van der Waals surface area contributed by atoms with Gasteiger partial charge >= 0.3 is 18.3 Å². The normalized spacial score (nSPS) is 14.9. The fourth-order valence-corrected chi connectivity index (χ4v) is 9.29. The molecular formula is C65H89N3O8. The van der Waals surface area contributed by atoms with Gasteiger partial charge in [-0.2, -0.15) is 0 Å². The van der Waals surface area contributed by atoms with Crippen molar-refractivity contribution in [3.63, 3.8) is 0 Å². The van der Waals surface area contributed by atoms with E-state index in [0.29, 0.717) is 49.3 Å². The molecule has 7 rings (SSSR count). The third kappa shape index (κ3) is 21.5. The molecule has 3 aliphatic carbocycles. The number of amides is 3. The van der Waals surface area contributed by atoms with Crippen LogP contribution in [0.15, 0.2) is 95.6 Å². The van der Waals surface area contributed by atoms with Gasteiger partial charge in [-0.25, -0.2) is 14.4 Å². The summed E-state index contributed by atoms with van der Waals surface area (Å²) >= 11 is 0. The van der Waals surface area contributed by atoms with Gasteiger partial charge in [0.25, 0.3) is 0 Å². The molecule has 0 aliphatic heterocycles. The molecule has 76 heavy (non-hydrogen) atoms. The van der Waals surface area contributed by atoms with E-state index in [9.17, 15) is 24.0 Å². The van der Waals surface area contributed by atoms with Gasteiger partial charge < -0.3 is 25.3 Å². The van der Waals surface area contributed by atoms with Gasteiger partial charge in [-0.1, -0.05) is 135 Å². The van der Waals surface area contributed by atoms with E-state index in [1.54, 1.807) is 6.92 Å². The summed E-state index contributed by atoms with van der Waals surface area (Å²) in [5.74, 6) is 3.10. The Labute approximate surface area is 455 Å². The number of allylic oxidation sites excluding steroid dienone is 2. The molecular weight excluding hydrogens is 951 g/mol. The number of ketones is 1. The Morgan fingerprint density at radius 1 is 0.658 bits per heavy atom.